The predicted octanol–water partition coefficient (Wildman–Crippen LogP) is 0.290. The van der Waals surface area contributed by atoms with Crippen LogP contribution in [-0.4, -0.2) is 35.2 Å². The summed E-state index contributed by atoms with van der Waals surface area (Å²) in [5, 5.41) is 4.08. The highest BCUT2D eigenvalue weighted by Crippen LogP contribution is 2.25. The molecule has 2 rings (SSSR count). The number of nitrogens with two attached hydrogens (primary N) is 1. The van der Waals surface area contributed by atoms with E-state index < -0.39 is 25.9 Å². The molecule has 1 unspecified atom stereocenters. The van der Waals surface area contributed by atoms with Crippen molar-refractivity contribution < 1.29 is 16.8 Å². The van der Waals surface area contributed by atoms with Gasteiger partial charge in [-0.1, -0.05) is 13.0 Å². The Labute approximate surface area is 124 Å². The highest BCUT2D eigenvalue weighted by atomic mass is 32.2. The molecule has 0 saturated heterocycles. The number of rotatable bonds is 5. The summed E-state index contributed by atoms with van der Waals surface area (Å²) in [6, 6.07) is 3.85. The number of sulfone groups is 1. The van der Waals surface area contributed by atoms with Gasteiger partial charge in [-0.25, -0.2) is 21.6 Å². The average molecular weight is 331 g/mol. The molecule has 0 aliphatic carbocycles. The zero-order valence-corrected chi connectivity index (χ0v) is 13.0. The van der Waals surface area contributed by atoms with Gasteiger partial charge < -0.3 is 11.1 Å². The van der Waals surface area contributed by atoms with Gasteiger partial charge in [0.25, 0.3) is 0 Å². The van der Waals surface area contributed by atoms with Crippen LogP contribution in [0.1, 0.15) is 6.92 Å². The molecule has 116 valence electrons. The summed E-state index contributed by atoms with van der Waals surface area (Å²) in [6.45, 7) is 1.96. The molecule has 21 heavy (non-hydrogen) atoms. The lowest BCUT2D eigenvalue weighted by Gasteiger charge is -2.15. The van der Waals surface area contributed by atoms with Gasteiger partial charge in [-0.15, -0.1) is 0 Å². The molecule has 7 nitrogen and oxygen atoms in total. The third kappa shape index (κ3) is 3.74. The number of nitrogen functional groups attached to an aromatic ring is 1. The van der Waals surface area contributed by atoms with E-state index in [1.54, 1.807) is 6.92 Å². The summed E-state index contributed by atoms with van der Waals surface area (Å²) in [6.07, 6.45) is 1.51. The van der Waals surface area contributed by atoms with Gasteiger partial charge in [-0.05, 0) is 18.2 Å². The fourth-order valence-corrected chi connectivity index (χ4v) is 4.27. The summed E-state index contributed by atoms with van der Waals surface area (Å²) in [4.78, 5) is 0.0749. The van der Waals surface area contributed by atoms with E-state index in [-0.39, 0.29) is 17.2 Å². The van der Waals surface area contributed by atoms with Crippen molar-refractivity contribution in [2.75, 3.05) is 23.3 Å². The van der Waals surface area contributed by atoms with Crippen molar-refractivity contribution in [3.63, 3.8) is 0 Å². The summed E-state index contributed by atoms with van der Waals surface area (Å²) >= 11 is 0. The van der Waals surface area contributed by atoms with Crippen LogP contribution in [-0.2, 0) is 19.9 Å². The number of nitrogens with one attached hydrogen (secondary N) is 2. The molecule has 0 aromatic heterocycles. The van der Waals surface area contributed by atoms with Gasteiger partial charge in [-0.2, -0.15) is 0 Å². The molecule has 1 aromatic rings. The maximum Gasteiger partial charge on any atom is 0.240 e. The highest BCUT2D eigenvalue weighted by Gasteiger charge is 2.22. The first-order chi connectivity index (χ1) is 9.73. The van der Waals surface area contributed by atoms with Crippen LogP contribution in [0, 0.1) is 0 Å². The standard InChI is InChI=1S/C12H17N3O4S2/c1-2-14-21(18,19)10-3-4-11(13)12(7-10)15-9-5-6-20(16,17)8-9/h3-7,9,14-15H,2,8,13H2,1H3. The molecule has 1 aliphatic rings. The molecule has 9 heteroatoms. The number of hydrogen-bond acceptors (Lipinski definition) is 6. The second kappa shape index (κ2) is 5.66. The zero-order chi connectivity index (χ0) is 15.7. The largest absolute Gasteiger partial charge is 0.397 e. The normalized spacial score (nSPS) is 20.5. The van der Waals surface area contributed by atoms with Crippen LogP contribution in [0.4, 0.5) is 11.4 Å². The van der Waals surface area contributed by atoms with Crippen LogP contribution in [0.5, 0.6) is 0 Å². The van der Waals surface area contributed by atoms with Crippen LogP contribution in [0.3, 0.4) is 0 Å². The second-order valence-corrected chi connectivity index (χ2v) is 8.36. The first kappa shape index (κ1) is 15.8. The molecule has 1 heterocycles. The van der Waals surface area contributed by atoms with E-state index >= 15 is 0 Å². The molecule has 0 fully saturated rings. The Kier molecular flexibility index (Phi) is 4.26. The van der Waals surface area contributed by atoms with Crippen molar-refractivity contribution in [3.05, 3.63) is 29.7 Å². The summed E-state index contributed by atoms with van der Waals surface area (Å²) in [5.41, 5.74) is 6.54. The van der Waals surface area contributed by atoms with E-state index in [1.807, 2.05) is 0 Å². The Morgan fingerprint density at radius 1 is 1.38 bits per heavy atom. The minimum absolute atomic E-state index is 0.0728. The first-order valence-electron chi connectivity index (χ1n) is 6.30. The van der Waals surface area contributed by atoms with E-state index in [0.29, 0.717) is 11.4 Å². The average Bonchev–Trinajstić information content (AvgIpc) is 2.71. The molecular formula is C12H17N3O4S2. The van der Waals surface area contributed by atoms with Crippen LogP contribution in [0.2, 0.25) is 0 Å². The molecule has 0 bridgehead atoms. The third-order valence-corrected chi connectivity index (χ3v) is 5.88. The number of sulfonamides is 1. The lowest BCUT2D eigenvalue weighted by Crippen LogP contribution is -2.24. The lowest BCUT2D eigenvalue weighted by atomic mass is 10.2. The van der Waals surface area contributed by atoms with Gasteiger partial charge >= 0.3 is 0 Å². The first-order valence-corrected chi connectivity index (χ1v) is 9.50. The maximum absolute atomic E-state index is 11.9. The molecule has 0 amide bonds. The minimum Gasteiger partial charge on any atom is -0.397 e. The zero-order valence-electron chi connectivity index (χ0n) is 11.4. The number of benzene rings is 1. The molecule has 4 N–H and O–H groups in total. The second-order valence-electron chi connectivity index (χ2n) is 4.66. The van der Waals surface area contributed by atoms with Crippen molar-refractivity contribution in [2.45, 2.75) is 17.9 Å². The van der Waals surface area contributed by atoms with Crippen molar-refractivity contribution in [3.8, 4) is 0 Å². The summed E-state index contributed by atoms with van der Waals surface area (Å²) < 4.78 is 49.0. The Bertz CT molecular complexity index is 770. The fraction of sp³-hybridized carbons (Fsp3) is 0.333. The van der Waals surface area contributed by atoms with Gasteiger partial charge in [-0.3, -0.25) is 0 Å². The monoisotopic (exact) mass is 331 g/mol. The Morgan fingerprint density at radius 3 is 2.67 bits per heavy atom. The number of anilines is 2. The number of hydrogen-bond donors (Lipinski definition) is 3. The van der Waals surface area contributed by atoms with Crippen molar-refractivity contribution in [1.82, 2.24) is 4.72 Å². The molecule has 1 aliphatic heterocycles. The fourth-order valence-electron chi connectivity index (χ4n) is 1.97. The smallest absolute Gasteiger partial charge is 0.240 e. The lowest BCUT2D eigenvalue weighted by molar-refractivity contribution is 0.584. The van der Waals surface area contributed by atoms with Gasteiger partial charge in [0.1, 0.15) is 0 Å². The van der Waals surface area contributed by atoms with Gasteiger partial charge in [0, 0.05) is 12.0 Å². The molecule has 0 spiro atoms. The van der Waals surface area contributed by atoms with Crippen molar-refractivity contribution >= 4 is 31.2 Å². The topological polar surface area (TPSA) is 118 Å². The van der Waals surface area contributed by atoms with E-state index in [4.69, 9.17) is 5.73 Å². The predicted molar refractivity (Wildman–Crippen MR) is 82.1 cm³/mol. The van der Waals surface area contributed by atoms with Crippen LogP contribution >= 0.6 is 0 Å². The quantitative estimate of drug-likeness (QED) is 0.667. The van der Waals surface area contributed by atoms with Crippen LogP contribution < -0.4 is 15.8 Å². The SMILES string of the molecule is CCNS(=O)(=O)c1ccc(N)c(NC2C=CS(=O)(=O)C2)c1. The summed E-state index contributed by atoms with van der Waals surface area (Å²) in [5.74, 6) is -0.0728. The van der Waals surface area contributed by atoms with Gasteiger partial charge in [0.05, 0.1) is 28.1 Å². The Balaban J connectivity index is 2.27. The maximum atomic E-state index is 11.9. The molecule has 0 saturated carbocycles. The van der Waals surface area contributed by atoms with Crippen LogP contribution in [0.15, 0.2) is 34.6 Å². The molecular weight excluding hydrogens is 314 g/mol. The molecule has 1 atom stereocenters. The van der Waals surface area contributed by atoms with Crippen LogP contribution in [0.25, 0.3) is 0 Å². The van der Waals surface area contributed by atoms with Gasteiger partial charge in [0.15, 0.2) is 9.84 Å². The van der Waals surface area contributed by atoms with Crippen molar-refractivity contribution in [1.29, 1.82) is 0 Å². The minimum atomic E-state index is -3.59. The van der Waals surface area contributed by atoms with E-state index in [0.717, 1.165) is 5.41 Å². The summed E-state index contributed by atoms with van der Waals surface area (Å²) in [7, 11) is -6.78. The highest BCUT2D eigenvalue weighted by molar-refractivity contribution is 7.94. The van der Waals surface area contributed by atoms with Gasteiger partial charge in [0.2, 0.25) is 10.0 Å². The van der Waals surface area contributed by atoms with Crippen molar-refractivity contribution in [2.24, 2.45) is 0 Å². The Hall–Kier alpha value is -1.58. The Morgan fingerprint density at radius 2 is 2.10 bits per heavy atom. The van der Waals surface area contributed by atoms with E-state index in [9.17, 15) is 16.8 Å². The molecule has 0 radical (unpaired) electrons. The third-order valence-electron chi connectivity index (χ3n) is 2.94. The van der Waals surface area contributed by atoms with E-state index in [1.165, 1.54) is 24.3 Å². The van der Waals surface area contributed by atoms with E-state index in [2.05, 4.69) is 10.0 Å². The molecule has 1 aromatic carbocycles.